The van der Waals surface area contributed by atoms with Crippen molar-refractivity contribution < 1.29 is 14.6 Å². The zero-order chi connectivity index (χ0) is 6.74. The molecule has 0 bridgehead atoms. The second-order valence-electron chi connectivity index (χ2n) is 2.51. The SMILES string of the molecule is CC1(CO)COCCO1. The van der Waals surface area contributed by atoms with Crippen molar-refractivity contribution in [2.75, 3.05) is 26.4 Å². The molecule has 1 aliphatic heterocycles. The molecule has 3 nitrogen and oxygen atoms in total. The van der Waals surface area contributed by atoms with Crippen LogP contribution >= 0.6 is 0 Å². The quantitative estimate of drug-likeness (QED) is 0.536. The molecule has 1 fully saturated rings. The minimum absolute atomic E-state index is 0.0347. The molecule has 1 rings (SSSR count). The minimum atomic E-state index is -0.446. The van der Waals surface area contributed by atoms with Gasteiger partial charge in [-0.15, -0.1) is 0 Å². The molecule has 0 aliphatic carbocycles. The van der Waals surface area contributed by atoms with Gasteiger partial charge in [-0.25, -0.2) is 0 Å². The summed E-state index contributed by atoms with van der Waals surface area (Å²) in [6.07, 6.45) is 0. The van der Waals surface area contributed by atoms with Crippen LogP contribution < -0.4 is 0 Å². The average molecular weight is 132 g/mol. The van der Waals surface area contributed by atoms with Crippen LogP contribution in [0.15, 0.2) is 0 Å². The van der Waals surface area contributed by atoms with Crippen LogP contribution in [0.25, 0.3) is 0 Å². The highest BCUT2D eigenvalue weighted by atomic mass is 16.6. The molecule has 54 valence electrons. The molecule has 1 atom stereocenters. The molecule has 3 heteroatoms. The maximum absolute atomic E-state index is 8.75. The van der Waals surface area contributed by atoms with E-state index in [0.717, 1.165) is 0 Å². The van der Waals surface area contributed by atoms with Crippen molar-refractivity contribution in [3.05, 3.63) is 0 Å². The Morgan fingerprint density at radius 2 is 2.33 bits per heavy atom. The highest BCUT2D eigenvalue weighted by Crippen LogP contribution is 2.13. The molecule has 0 aromatic rings. The van der Waals surface area contributed by atoms with E-state index in [2.05, 4.69) is 0 Å². The van der Waals surface area contributed by atoms with E-state index in [1.165, 1.54) is 0 Å². The van der Waals surface area contributed by atoms with Crippen molar-refractivity contribution in [1.82, 2.24) is 0 Å². The molecule has 0 spiro atoms. The van der Waals surface area contributed by atoms with Crippen molar-refractivity contribution in [2.24, 2.45) is 0 Å². The highest BCUT2D eigenvalue weighted by molar-refractivity contribution is 4.75. The Bertz CT molecular complexity index is 86.3. The number of hydrogen-bond acceptors (Lipinski definition) is 3. The van der Waals surface area contributed by atoms with E-state index in [4.69, 9.17) is 14.6 Å². The van der Waals surface area contributed by atoms with Gasteiger partial charge in [0.05, 0.1) is 26.4 Å². The van der Waals surface area contributed by atoms with Gasteiger partial charge in [0.15, 0.2) is 0 Å². The van der Waals surface area contributed by atoms with Crippen LogP contribution in [-0.2, 0) is 9.47 Å². The van der Waals surface area contributed by atoms with Crippen LogP contribution in [0.4, 0.5) is 0 Å². The van der Waals surface area contributed by atoms with E-state index in [1.807, 2.05) is 6.92 Å². The Morgan fingerprint density at radius 3 is 2.67 bits per heavy atom. The summed E-state index contributed by atoms with van der Waals surface area (Å²) >= 11 is 0. The van der Waals surface area contributed by atoms with Gasteiger partial charge in [-0.3, -0.25) is 0 Å². The van der Waals surface area contributed by atoms with E-state index in [1.54, 1.807) is 0 Å². The first-order valence-corrected chi connectivity index (χ1v) is 3.09. The third-order valence-electron chi connectivity index (χ3n) is 1.42. The summed E-state index contributed by atoms with van der Waals surface area (Å²) in [6, 6.07) is 0. The molecule has 0 amide bonds. The molecular formula is C6H12O3. The second kappa shape index (κ2) is 2.64. The molecule has 1 N–H and O–H groups in total. The van der Waals surface area contributed by atoms with Crippen molar-refractivity contribution >= 4 is 0 Å². The summed E-state index contributed by atoms with van der Waals surface area (Å²) in [4.78, 5) is 0. The first kappa shape index (κ1) is 6.99. The lowest BCUT2D eigenvalue weighted by Crippen LogP contribution is -2.43. The normalized spacial score (nSPS) is 36.7. The lowest BCUT2D eigenvalue weighted by atomic mass is 10.1. The van der Waals surface area contributed by atoms with Gasteiger partial charge in [0.25, 0.3) is 0 Å². The summed E-state index contributed by atoms with van der Waals surface area (Å²) in [6.45, 7) is 3.62. The van der Waals surface area contributed by atoms with Gasteiger partial charge in [-0.1, -0.05) is 0 Å². The molecule has 1 saturated heterocycles. The fourth-order valence-corrected chi connectivity index (χ4v) is 0.768. The molecular weight excluding hydrogens is 120 g/mol. The third-order valence-corrected chi connectivity index (χ3v) is 1.42. The lowest BCUT2D eigenvalue weighted by molar-refractivity contribution is -0.164. The van der Waals surface area contributed by atoms with Crippen molar-refractivity contribution in [3.8, 4) is 0 Å². The maximum atomic E-state index is 8.75. The number of hydrogen-bond donors (Lipinski definition) is 1. The largest absolute Gasteiger partial charge is 0.393 e. The molecule has 1 heterocycles. The van der Waals surface area contributed by atoms with Crippen molar-refractivity contribution in [1.29, 1.82) is 0 Å². The van der Waals surface area contributed by atoms with E-state index >= 15 is 0 Å². The first-order chi connectivity index (χ1) is 4.27. The highest BCUT2D eigenvalue weighted by Gasteiger charge is 2.27. The van der Waals surface area contributed by atoms with Crippen LogP contribution in [0.2, 0.25) is 0 Å². The van der Waals surface area contributed by atoms with E-state index in [0.29, 0.717) is 19.8 Å². The number of ether oxygens (including phenoxy) is 2. The summed E-state index contributed by atoms with van der Waals surface area (Å²) in [7, 11) is 0. The van der Waals surface area contributed by atoms with Gasteiger partial charge >= 0.3 is 0 Å². The summed E-state index contributed by atoms with van der Waals surface area (Å²) in [5.74, 6) is 0. The summed E-state index contributed by atoms with van der Waals surface area (Å²) in [5, 5.41) is 8.75. The van der Waals surface area contributed by atoms with Gasteiger partial charge < -0.3 is 14.6 Å². The Morgan fingerprint density at radius 1 is 1.56 bits per heavy atom. The topological polar surface area (TPSA) is 38.7 Å². The van der Waals surface area contributed by atoms with Crippen LogP contribution in [-0.4, -0.2) is 37.1 Å². The predicted octanol–water partition coefficient (Wildman–Crippen LogP) is -0.216. The molecule has 0 aromatic carbocycles. The molecule has 0 saturated carbocycles. The van der Waals surface area contributed by atoms with Crippen LogP contribution in [0, 0.1) is 0 Å². The average Bonchev–Trinajstić information content (AvgIpc) is 1.90. The first-order valence-electron chi connectivity index (χ1n) is 3.09. The standard InChI is InChI=1S/C6H12O3/c1-6(4-7)5-8-2-3-9-6/h7H,2-5H2,1H3. The van der Waals surface area contributed by atoms with Crippen LogP contribution in [0.1, 0.15) is 6.92 Å². The van der Waals surface area contributed by atoms with Gasteiger partial charge in [0, 0.05) is 0 Å². The smallest absolute Gasteiger partial charge is 0.112 e. The zero-order valence-corrected chi connectivity index (χ0v) is 5.59. The van der Waals surface area contributed by atoms with Gasteiger partial charge in [-0.2, -0.15) is 0 Å². The third kappa shape index (κ3) is 1.64. The van der Waals surface area contributed by atoms with Crippen molar-refractivity contribution in [3.63, 3.8) is 0 Å². The zero-order valence-electron chi connectivity index (χ0n) is 5.59. The summed E-state index contributed by atoms with van der Waals surface area (Å²) in [5.41, 5.74) is -0.446. The summed E-state index contributed by atoms with van der Waals surface area (Å²) < 4.78 is 10.3. The van der Waals surface area contributed by atoms with Crippen LogP contribution in [0.5, 0.6) is 0 Å². The van der Waals surface area contributed by atoms with Gasteiger partial charge in [0.1, 0.15) is 5.60 Å². The number of aliphatic hydroxyl groups is 1. The van der Waals surface area contributed by atoms with E-state index < -0.39 is 5.60 Å². The van der Waals surface area contributed by atoms with Crippen molar-refractivity contribution in [2.45, 2.75) is 12.5 Å². The fourth-order valence-electron chi connectivity index (χ4n) is 0.768. The van der Waals surface area contributed by atoms with E-state index in [9.17, 15) is 0 Å². The molecule has 1 unspecified atom stereocenters. The molecule has 0 aromatic heterocycles. The molecule has 1 aliphatic rings. The number of aliphatic hydroxyl groups excluding tert-OH is 1. The fraction of sp³-hybridized carbons (Fsp3) is 1.00. The van der Waals surface area contributed by atoms with Crippen LogP contribution in [0.3, 0.4) is 0 Å². The Balaban J connectivity index is 2.37. The number of rotatable bonds is 1. The van der Waals surface area contributed by atoms with Gasteiger partial charge in [0.2, 0.25) is 0 Å². The lowest BCUT2D eigenvalue weighted by Gasteiger charge is -2.31. The Kier molecular flexibility index (Phi) is 2.05. The maximum Gasteiger partial charge on any atom is 0.112 e. The molecule has 0 radical (unpaired) electrons. The molecule has 9 heavy (non-hydrogen) atoms. The van der Waals surface area contributed by atoms with E-state index in [-0.39, 0.29) is 6.61 Å². The Hall–Kier alpha value is -0.120. The predicted molar refractivity (Wildman–Crippen MR) is 32.3 cm³/mol. The minimum Gasteiger partial charge on any atom is -0.393 e. The Labute approximate surface area is 54.6 Å². The second-order valence-corrected chi connectivity index (χ2v) is 2.51. The monoisotopic (exact) mass is 132 g/mol. The van der Waals surface area contributed by atoms with Gasteiger partial charge in [-0.05, 0) is 6.92 Å².